The van der Waals surface area contributed by atoms with Gasteiger partial charge in [-0.1, -0.05) is 12.2 Å². The Balaban J connectivity index is 1.71. The van der Waals surface area contributed by atoms with Crippen molar-refractivity contribution in [2.45, 2.75) is 38.5 Å². The van der Waals surface area contributed by atoms with Gasteiger partial charge in [-0.25, -0.2) is 18.7 Å². The lowest BCUT2D eigenvalue weighted by Crippen LogP contribution is -2.12. The molecular formula is C19H20F2N2. The molecule has 0 radical (unpaired) electrons. The Morgan fingerprint density at radius 3 is 2.30 bits per heavy atom. The zero-order valence-corrected chi connectivity index (χ0v) is 13.2. The lowest BCUT2D eigenvalue weighted by molar-refractivity contribution is 0.375. The third-order valence-corrected chi connectivity index (χ3v) is 4.56. The number of benzene rings is 1. The van der Waals surface area contributed by atoms with Crippen molar-refractivity contribution in [3.05, 3.63) is 59.9 Å². The van der Waals surface area contributed by atoms with E-state index in [9.17, 15) is 8.78 Å². The summed E-state index contributed by atoms with van der Waals surface area (Å²) < 4.78 is 26.3. The summed E-state index contributed by atoms with van der Waals surface area (Å²) >= 11 is 0. The van der Waals surface area contributed by atoms with Crippen LogP contribution in [0.5, 0.6) is 0 Å². The van der Waals surface area contributed by atoms with Crippen LogP contribution < -0.4 is 0 Å². The van der Waals surface area contributed by atoms with Crippen LogP contribution in [0.3, 0.4) is 0 Å². The molecule has 120 valence electrons. The third-order valence-electron chi connectivity index (χ3n) is 4.56. The Hall–Kier alpha value is -2.10. The molecule has 3 rings (SSSR count). The van der Waals surface area contributed by atoms with E-state index in [1.165, 1.54) is 18.9 Å². The molecule has 0 saturated heterocycles. The molecule has 1 saturated carbocycles. The fourth-order valence-corrected chi connectivity index (χ4v) is 3.25. The van der Waals surface area contributed by atoms with Crippen molar-refractivity contribution in [3.8, 4) is 11.4 Å². The van der Waals surface area contributed by atoms with E-state index in [0.29, 0.717) is 23.2 Å². The standard InChI is InChI=1S/C19H20F2N2/c1-2-3-13-4-6-14(7-5-13)16-11-22-19(23-12-16)15-8-9-17(20)18(21)10-15/h2-3,8-14H,4-7H2,1H3/b3-2+. The van der Waals surface area contributed by atoms with Gasteiger partial charge in [-0.3, -0.25) is 0 Å². The highest BCUT2D eigenvalue weighted by molar-refractivity contribution is 5.54. The van der Waals surface area contributed by atoms with Gasteiger partial charge in [-0.05, 0) is 68.2 Å². The van der Waals surface area contributed by atoms with Gasteiger partial charge in [-0.2, -0.15) is 0 Å². The first kappa shape index (κ1) is 15.8. The second-order valence-corrected chi connectivity index (χ2v) is 6.11. The monoisotopic (exact) mass is 314 g/mol. The average molecular weight is 314 g/mol. The molecular weight excluding hydrogens is 294 g/mol. The van der Waals surface area contributed by atoms with Crippen molar-refractivity contribution in [3.63, 3.8) is 0 Å². The molecule has 2 nitrogen and oxygen atoms in total. The molecule has 0 amide bonds. The SMILES string of the molecule is C/C=C/C1CCC(c2cnc(-c3ccc(F)c(F)c3)nc2)CC1. The molecule has 0 unspecified atom stereocenters. The molecule has 0 spiro atoms. The number of aromatic nitrogens is 2. The van der Waals surface area contributed by atoms with E-state index in [1.807, 2.05) is 12.4 Å². The van der Waals surface area contributed by atoms with E-state index in [4.69, 9.17) is 0 Å². The normalized spacial score (nSPS) is 21.7. The predicted molar refractivity (Wildman–Crippen MR) is 86.9 cm³/mol. The third kappa shape index (κ3) is 3.63. The van der Waals surface area contributed by atoms with Crippen LogP contribution in [0.25, 0.3) is 11.4 Å². The second kappa shape index (κ2) is 6.99. The van der Waals surface area contributed by atoms with E-state index in [0.717, 1.165) is 30.5 Å². The zero-order valence-electron chi connectivity index (χ0n) is 13.2. The van der Waals surface area contributed by atoms with Crippen LogP contribution >= 0.6 is 0 Å². The lowest BCUT2D eigenvalue weighted by atomic mass is 9.79. The second-order valence-electron chi connectivity index (χ2n) is 6.11. The number of hydrogen-bond acceptors (Lipinski definition) is 2. The summed E-state index contributed by atoms with van der Waals surface area (Å²) in [6, 6.07) is 3.73. The largest absolute Gasteiger partial charge is 0.236 e. The van der Waals surface area contributed by atoms with Gasteiger partial charge in [0.05, 0.1) is 0 Å². The van der Waals surface area contributed by atoms with Crippen molar-refractivity contribution in [2.24, 2.45) is 5.92 Å². The van der Waals surface area contributed by atoms with Crippen molar-refractivity contribution in [1.29, 1.82) is 0 Å². The minimum absolute atomic E-state index is 0.426. The molecule has 0 bridgehead atoms. The summed E-state index contributed by atoms with van der Waals surface area (Å²) in [5, 5.41) is 0. The van der Waals surface area contributed by atoms with Gasteiger partial charge in [0.2, 0.25) is 0 Å². The maximum atomic E-state index is 13.3. The Morgan fingerprint density at radius 2 is 1.70 bits per heavy atom. The Morgan fingerprint density at radius 1 is 1.00 bits per heavy atom. The molecule has 1 fully saturated rings. The van der Waals surface area contributed by atoms with Crippen LogP contribution in [0.1, 0.15) is 44.1 Å². The van der Waals surface area contributed by atoms with Crippen LogP contribution in [0.4, 0.5) is 8.78 Å². The first-order valence-electron chi connectivity index (χ1n) is 8.07. The molecule has 4 heteroatoms. The summed E-state index contributed by atoms with van der Waals surface area (Å²) in [5.41, 5.74) is 1.63. The van der Waals surface area contributed by atoms with Gasteiger partial charge in [-0.15, -0.1) is 0 Å². The van der Waals surface area contributed by atoms with Gasteiger partial charge in [0.1, 0.15) is 0 Å². The van der Waals surface area contributed by atoms with Crippen LogP contribution in [0.15, 0.2) is 42.7 Å². The van der Waals surface area contributed by atoms with Crippen LogP contribution in [0, 0.1) is 17.6 Å². The summed E-state index contributed by atoms with van der Waals surface area (Å²) in [4.78, 5) is 8.67. The molecule has 0 atom stereocenters. The van der Waals surface area contributed by atoms with Gasteiger partial charge in [0.25, 0.3) is 0 Å². The van der Waals surface area contributed by atoms with E-state index < -0.39 is 11.6 Å². The molecule has 0 aliphatic heterocycles. The smallest absolute Gasteiger partial charge is 0.159 e. The molecule has 23 heavy (non-hydrogen) atoms. The summed E-state index contributed by atoms with van der Waals surface area (Å²) in [6.45, 7) is 2.07. The molecule has 0 N–H and O–H groups in total. The van der Waals surface area contributed by atoms with Crippen molar-refractivity contribution in [2.75, 3.05) is 0 Å². The Kier molecular flexibility index (Phi) is 4.79. The predicted octanol–water partition coefficient (Wildman–Crippen LogP) is 5.27. The lowest BCUT2D eigenvalue weighted by Gasteiger charge is -2.26. The fraction of sp³-hybridized carbons (Fsp3) is 0.368. The molecule has 1 aromatic carbocycles. The molecule has 2 aromatic rings. The fourth-order valence-electron chi connectivity index (χ4n) is 3.25. The van der Waals surface area contributed by atoms with Crippen molar-refractivity contribution in [1.82, 2.24) is 9.97 Å². The van der Waals surface area contributed by atoms with Gasteiger partial charge < -0.3 is 0 Å². The first-order valence-corrected chi connectivity index (χ1v) is 8.07. The molecule has 1 aromatic heterocycles. The van der Waals surface area contributed by atoms with E-state index >= 15 is 0 Å². The number of allylic oxidation sites excluding steroid dienone is 2. The Bertz CT molecular complexity index is 687. The van der Waals surface area contributed by atoms with Gasteiger partial charge >= 0.3 is 0 Å². The highest BCUT2D eigenvalue weighted by Gasteiger charge is 2.21. The number of hydrogen-bond donors (Lipinski definition) is 0. The van der Waals surface area contributed by atoms with Gasteiger partial charge in [0, 0.05) is 18.0 Å². The van der Waals surface area contributed by atoms with E-state index in [1.54, 1.807) is 0 Å². The van der Waals surface area contributed by atoms with E-state index in [-0.39, 0.29) is 0 Å². The highest BCUT2D eigenvalue weighted by atomic mass is 19.2. The number of nitrogens with zero attached hydrogens (tertiary/aromatic N) is 2. The van der Waals surface area contributed by atoms with Gasteiger partial charge in [0.15, 0.2) is 17.5 Å². The van der Waals surface area contributed by atoms with Crippen molar-refractivity contribution >= 4 is 0 Å². The summed E-state index contributed by atoms with van der Waals surface area (Å²) in [7, 11) is 0. The van der Waals surface area contributed by atoms with Crippen LogP contribution in [-0.2, 0) is 0 Å². The van der Waals surface area contributed by atoms with Crippen LogP contribution in [0.2, 0.25) is 0 Å². The minimum Gasteiger partial charge on any atom is -0.236 e. The molecule has 1 aliphatic carbocycles. The maximum absolute atomic E-state index is 13.3. The molecule has 1 aliphatic rings. The minimum atomic E-state index is -0.877. The average Bonchev–Trinajstić information content (AvgIpc) is 2.59. The number of rotatable bonds is 3. The highest BCUT2D eigenvalue weighted by Crippen LogP contribution is 2.36. The summed E-state index contributed by atoms with van der Waals surface area (Å²) in [5.74, 6) is -0.120. The Labute approximate surface area is 135 Å². The maximum Gasteiger partial charge on any atom is 0.159 e. The molecule has 1 heterocycles. The quantitative estimate of drug-likeness (QED) is 0.721. The zero-order chi connectivity index (χ0) is 16.2. The summed E-state index contributed by atoms with van der Waals surface area (Å²) in [6.07, 6.45) is 12.7. The number of halogens is 2. The van der Waals surface area contributed by atoms with E-state index in [2.05, 4.69) is 29.0 Å². The first-order chi connectivity index (χ1) is 11.2. The topological polar surface area (TPSA) is 25.8 Å². The van der Waals surface area contributed by atoms with Crippen LogP contribution in [-0.4, -0.2) is 9.97 Å². The van der Waals surface area contributed by atoms with Crippen molar-refractivity contribution < 1.29 is 8.78 Å².